The predicted octanol–water partition coefficient (Wildman–Crippen LogP) is 3.02. The lowest BCUT2D eigenvalue weighted by Crippen LogP contribution is -2.28. The molecule has 6 nitrogen and oxygen atoms in total. The smallest absolute Gasteiger partial charge is 0.221 e. The summed E-state index contributed by atoms with van der Waals surface area (Å²) in [5.41, 5.74) is 0.370. The highest BCUT2D eigenvalue weighted by Crippen LogP contribution is 2.30. The van der Waals surface area contributed by atoms with E-state index in [0.717, 1.165) is 12.1 Å². The molecule has 0 aliphatic carbocycles. The van der Waals surface area contributed by atoms with Crippen molar-refractivity contribution < 1.29 is 31.5 Å². The molecule has 0 saturated carbocycles. The Morgan fingerprint density at radius 1 is 1.04 bits per heavy atom. The van der Waals surface area contributed by atoms with E-state index in [9.17, 15) is 22.0 Å². The van der Waals surface area contributed by atoms with Gasteiger partial charge >= 0.3 is 0 Å². The third-order valence-electron chi connectivity index (χ3n) is 4.13. The van der Waals surface area contributed by atoms with Crippen molar-refractivity contribution >= 4 is 15.7 Å². The highest BCUT2D eigenvalue weighted by molar-refractivity contribution is 7.91. The van der Waals surface area contributed by atoms with E-state index in [1.807, 2.05) is 0 Å². The third kappa shape index (κ3) is 5.19. The van der Waals surface area contributed by atoms with Crippen LogP contribution in [0.25, 0.3) is 0 Å². The first-order valence-corrected chi connectivity index (χ1v) is 10.0. The summed E-state index contributed by atoms with van der Waals surface area (Å²) in [6.45, 7) is 1.59. The van der Waals surface area contributed by atoms with Gasteiger partial charge in [-0.15, -0.1) is 0 Å². The molecule has 0 heterocycles. The van der Waals surface area contributed by atoms with E-state index in [1.165, 1.54) is 38.5 Å². The van der Waals surface area contributed by atoms with Crippen molar-refractivity contribution in [1.82, 2.24) is 5.32 Å². The molecule has 0 aromatic heterocycles. The van der Waals surface area contributed by atoms with E-state index in [4.69, 9.17) is 9.47 Å². The van der Waals surface area contributed by atoms with Gasteiger partial charge in [0.05, 0.1) is 30.9 Å². The van der Waals surface area contributed by atoms with Crippen LogP contribution >= 0.6 is 0 Å². The fourth-order valence-electron chi connectivity index (χ4n) is 2.53. The van der Waals surface area contributed by atoms with Gasteiger partial charge in [-0.2, -0.15) is 0 Å². The predicted molar refractivity (Wildman–Crippen MR) is 99.1 cm³/mol. The molecule has 0 radical (unpaired) electrons. The molecule has 0 aliphatic rings. The number of hydrogen-bond acceptors (Lipinski definition) is 5. The van der Waals surface area contributed by atoms with Crippen LogP contribution < -0.4 is 14.8 Å². The van der Waals surface area contributed by atoms with Crippen LogP contribution in [-0.4, -0.2) is 34.3 Å². The van der Waals surface area contributed by atoms with Crippen molar-refractivity contribution in [3.63, 3.8) is 0 Å². The Hall–Kier alpha value is -2.68. The Kier molecular flexibility index (Phi) is 6.95. The molecule has 2 aromatic carbocycles. The fourth-order valence-corrected chi connectivity index (χ4v) is 3.79. The molecular formula is C19H21F2NO5S. The molecule has 1 atom stereocenters. The highest BCUT2D eigenvalue weighted by Gasteiger charge is 2.20. The normalized spacial score (nSPS) is 12.3. The molecule has 0 aliphatic heterocycles. The average molecular weight is 413 g/mol. The van der Waals surface area contributed by atoms with Crippen LogP contribution in [0.15, 0.2) is 41.3 Å². The van der Waals surface area contributed by atoms with Gasteiger partial charge in [-0.05, 0) is 36.8 Å². The van der Waals surface area contributed by atoms with Gasteiger partial charge in [0.15, 0.2) is 33.0 Å². The van der Waals surface area contributed by atoms with Gasteiger partial charge in [-0.3, -0.25) is 4.79 Å². The van der Waals surface area contributed by atoms with Crippen LogP contribution in [0.4, 0.5) is 8.78 Å². The molecule has 1 amide bonds. The minimum absolute atomic E-state index is 0.00611. The van der Waals surface area contributed by atoms with Gasteiger partial charge in [-0.25, -0.2) is 17.2 Å². The molecule has 0 unspecified atom stereocenters. The molecule has 0 saturated heterocycles. The Morgan fingerprint density at radius 2 is 1.71 bits per heavy atom. The van der Waals surface area contributed by atoms with E-state index in [-0.39, 0.29) is 17.1 Å². The Bertz CT molecular complexity index is 963. The van der Waals surface area contributed by atoms with Gasteiger partial charge in [-0.1, -0.05) is 6.07 Å². The zero-order valence-corrected chi connectivity index (χ0v) is 16.5. The quantitative estimate of drug-likeness (QED) is 0.720. The number of sulfone groups is 1. The number of hydrogen-bond donors (Lipinski definition) is 1. The number of nitrogens with one attached hydrogen (secondary N) is 1. The van der Waals surface area contributed by atoms with Crippen LogP contribution in [0.5, 0.6) is 11.5 Å². The Labute approximate surface area is 162 Å². The van der Waals surface area contributed by atoms with Crippen LogP contribution in [0, 0.1) is 11.6 Å². The summed E-state index contributed by atoms with van der Waals surface area (Å²) in [7, 11) is -0.906. The van der Waals surface area contributed by atoms with Crippen LogP contribution in [0.1, 0.15) is 24.9 Å². The molecule has 2 aromatic rings. The van der Waals surface area contributed by atoms with E-state index in [1.54, 1.807) is 6.92 Å². The van der Waals surface area contributed by atoms with Crippen molar-refractivity contribution in [2.45, 2.75) is 24.3 Å². The first-order valence-electron chi connectivity index (χ1n) is 8.37. The topological polar surface area (TPSA) is 81.7 Å². The largest absolute Gasteiger partial charge is 0.493 e. The van der Waals surface area contributed by atoms with Crippen molar-refractivity contribution in [3.8, 4) is 11.5 Å². The maximum absolute atomic E-state index is 13.3. The number of amides is 1. The van der Waals surface area contributed by atoms with Gasteiger partial charge in [0.1, 0.15) is 0 Å². The van der Waals surface area contributed by atoms with E-state index in [2.05, 4.69) is 5.32 Å². The van der Waals surface area contributed by atoms with Crippen LogP contribution in [0.2, 0.25) is 0 Å². The lowest BCUT2D eigenvalue weighted by Gasteiger charge is -2.15. The summed E-state index contributed by atoms with van der Waals surface area (Å²) in [4.78, 5) is 12.1. The van der Waals surface area contributed by atoms with Gasteiger partial charge in [0.25, 0.3) is 0 Å². The first kappa shape index (κ1) is 21.6. The van der Waals surface area contributed by atoms with Crippen molar-refractivity contribution in [3.05, 3.63) is 53.6 Å². The van der Waals surface area contributed by atoms with Crippen molar-refractivity contribution in [1.29, 1.82) is 0 Å². The minimum atomic E-state index is -3.73. The molecule has 0 bridgehead atoms. The lowest BCUT2D eigenvalue weighted by atomic mass is 10.1. The molecule has 9 heteroatoms. The molecule has 152 valence electrons. The molecular weight excluding hydrogens is 392 g/mol. The number of carbonyl (C=O) groups is 1. The second-order valence-electron chi connectivity index (χ2n) is 6.05. The second-order valence-corrected chi connectivity index (χ2v) is 8.16. The summed E-state index contributed by atoms with van der Waals surface area (Å²) < 4.78 is 61.4. The number of benzene rings is 2. The zero-order valence-electron chi connectivity index (χ0n) is 15.7. The molecule has 0 spiro atoms. The number of carbonyl (C=O) groups excluding carboxylic acids is 1. The number of rotatable bonds is 8. The highest BCUT2D eigenvalue weighted by atomic mass is 32.2. The molecule has 2 rings (SSSR count). The molecule has 28 heavy (non-hydrogen) atoms. The summed E-state index contributed by atoms with van der Waals surface area (Å²) in [6.07, 6.45) is -0.287. The summed E-state index contributed by atoms with van der Waals surface area (Å²) in [6, 6.07) is 6.87. The van der Waals surface area contributed by atoms with Gasteiger partial charge in [0, 0.05) is 12.5 Å². The third-order valence-corrected chi connectivity index (χ3v) is 5.85. The number of methoxy groups -OCH3 is 2. The van der Waals surface area contributed by atoms with E-state index >= 15 is 0 Å². The maximum Gasteiger partial charge on any atom is 0.221 e. The fraction of sp³-hybridized carbons (Fsp3) is 0.316. The average Bonchev–Trinajstić information content (AvgIpc) is 2.67. The van der Waals surface area contributed by atoms with E-state index in [0.29, 0.717) is 11.3 Å². The van der Waals surface area contributed by atoms with Gasteiger partial charge in [0.2, 0.25) is 5.91 Å². The molecule has 1 N–H and O–H groups in total. The zero-order chi connectivity index (χ0) is 20.9. The summed E-state index contributed by atoms with van der Waals surface area (Å²) in [5.74, 6) is -2.29. The van der Waals surface area contributed by atoms with Crippen molar-refractivity contribution in [2.75, 3.05) is 20.0 Å². The summed E-state index contributed by atoms with van der Waals surface area (Å²) in [5, 5.41) is 2.57. The maximum atomic E-state index is 13.3. The minimum Gasteiger partial charge on any atom is -0.493 e. The van der Waals surface area contributed by atoms with E-state index < -0.39 is 39.2 Å². The number of halogens is 2. The second kappa shape index (κ2) is 9.01. The standard InChI is InChI=1S/C19H21F2NO5S/c1-12(13-4-6-15(20)16(21)10-13)22-19(23)8-9-28(24,25)14-5-7-17(26-2)18(11-14)27-3/h4-7,10-12H,8-9H2,1-3H3,(H,22,23)/t12-/m1/s1. The summed E-state index contributed by atoms with van der Waals surface area (Å²) >= 11 is 0. The SMILES string of the molecule is COc1ccc(S(=O)(=O)CCC(=O)N[C@H](C)c2ccc(F)c(F)c2)cc1OC. The lowest BCUT2D eigenvalue weighted by molar-refractivity contribution is -0.121. The van der Waals surface area contributed by atoms with Crippen LogP contribution in [-0.2, 0) is 14.6 Å². The van der Waals surface area contributed by atoms with Crippen LogP contribution in [0.3, 0.4) is 0 Å². The first-order chi connectivity index (χ1) is 13.2. The Morgan fingerprint density at radius 3 is 2.32 bits per heavy atom. The van der Waals surface area contributed by atoms with Gasteiger partial charge < -0.3 is 14.8 Å². The molecule has 0 fully saturated rings. The number of ether oxygens (including phenoxy) is 2. The van der Waals surface area contributed by atoms with Crippen molar-refractivity contribution in [2.24, 2.45) is 0 Å². The Balaban J connectivity index is 2.01. The monoisotopic (exact) mass is 413 g/mol.